The number of aromatic amines is 2. The van der Waals surface area contributed by atoms with Crippen LogP contribution in [0.3, 0.4) is 0 Å². The third-order valence-electron chi connectivity index (χ3n) is 3.38. The lowest BCUT2D eigenvalue weighted by molar-refractivity contribution is 0.832. The predicted molar refractivity (Wildman–Crippen MR) is 65.3 cm³/mol. The van der Waals surface area contributed by atoms with Gasteiger partial charge in [-0.2, -0.15) is 5.10 Å². The molecule has 82 valence electrons. The van der Waals surface area contributed by atoms with Crippen LogP contribution in [-0.2, 0) is 12.8 Å². The lowest BCUT2D eigenvalue weighted by Gasteiger charge is -1.97. The lowest BCUT2D eigenvalue weighted by Crippen LogP contribution is -2.22. The summed E-state index contributed by atoms with van der Waals surface area (Å²) in [4.78, 5) is 3.44. The maximum absolute atomic E-state index is 4.17. The minimum absolute atomic E-state index is 1.10. The summed E-state index contributed by atoms with van der Waals surface area (Å²) in [6, 6.07) is 0. The molecule has 0 radical (unpaired) electrons. The molecule has 0 spiro atoms. The van der Waals surface area contributed by atoms with E-state index in [0.29, 0.717) is 0 Å². The molecule has 0 bridgehead atoms. The molecule has 16 heavy (non-hydrogen) atoms. The Kier molecular flexibility index (Phi) is 1.99. The molecule has 0 unspecified atom stereocenters. The zero-order chi connectivity index (χ0) is 11.1. The lowest BCUT2D eigenvalue weighted by atomic mass is 10.1. The van der Waals surface area contributed by atoms with Crippen LogP contribution in [0.5, 0.6) is 0 Å². The average Bonchev–Trinajstić information content (AvgIpc) is 2.81. The fourth-order valence-corrected chi connectivity index (χ4v) is 2.51. The zero-order valence-electron chi connectivity index (χ0n) is 9.43. The number of H-pyrrole nitrogens is 2. The van der Waals surface area contributed by atoms with Gasteiger partial charge in [0.05, 0.1) is 17.6 Å². The number of aromatic nitrogens is 3. The molecule has 0 amide bonds. The first-order valence-corrected chi connectivity index (χ1v) is 5.70. The minimum Gasteiger partial charge on any atom is -0.353 e. The molecule has 0 atom stereocenters. The van der Waals surface area contributed by atoms with Gasteiger partial charge < -0.3 is 4.98 Å². The highest BCUT2D eigenvalue weighted by Crippen LogP contribution is 2.26. The molecule has 1 aliphatic rings. The quantitative estimate of drug-likeness (QED) is 0.676. The van der Waals surface area contributed by atoms with Gasteiger partial charge in [-0.15, -0.1) is 0 Å². The molecule has 2 aromatic heterocycles. The number of rotatable bonds is 0. The van der Waals surface area contributed by atoms with E-state index in [4.69, 9.17) is 0 Å². The Bertz CT molecular complexity index is 631. The second kappa shape index (κ2) is 3.37. The van der Waals surface area contributed by atoms with E-state index in [1.165, 1.54) is 23.2 Å². The molecule has 0 aromatic carbocycles. The minimum atomic E-state index is 1.10. The molecular weight excluding hydrogens is 198 g/mol. The fourth-order valence-electron chi connectivity index (χ4n) is 2.51. The van der Waals surface area contributed by atoms with E-state index >= 15 is 0 Å². The Morgan fingerprint density at radius 3 is 3.06 bits per heavy atom. The summed E-state index contributed by atoms with van der Waals surface area (Å²) in [5, 5.41) is 9.50. The first kappa shape index (κ1) is 9.46. The van der Waals surface area contributed by atoms with Crippen LogP contribution in [-0.4, -0.2) is 15.2 Å². The summed E-state index contributed by atoms with van der Waals surface area (Å²) < 4.78 is 0. The molecule has 3 rings (SSSR count). The van der Waals surface area contributed by atoms with Gasteiger partial charge in [0.25, 0.3) is 0 Å². The highest BCUT2D eigenvalue weighted by Gasteiger charge is 2.18. The van der Waals surface area contributed by atoms with E-state index in [1.54, 1.807) is 0 Å². The smallest absolute Gasteiger partial charge is 0.0847 e. The SMILES string of the molecule is C=c1c2c([nH]/c1=C/C)-c1[nH]ncc1CCC2. The second-order valence-electron chi connectivity index (χ2n) is 4.28. The largest absolute Gasteiger partial charge is 0.353 e. The highest BCUT2D eigenvalue weighted by atomic mass is 15.1. The van der Waals surface area contributed by atoms with Crippen LogP contribution >= 0.6 is 0 Å². The molecule has 3 heteroatoms. The number of nitrogens with one attached hydrogen (secondary N) is 2. The number of hydrogen-bond acceptors (Lipinski definition) is 1. The van der Waals surface area contributed by atoms with Gasteiger partial charge in [0.15, 0.2) is 0 Å². The van der Waals surface area contributed by atoms with Gasteiger partial charge in [0.2, 0.25) is 0 Å². The van der Waals surface area contributed by atoms with Crippen LogP contribution in [0.15, 0.2) is 6.20 Å². The summed E-state index contributed by atoms with van der Waals surface area (Å²) in [6.45, 7) is 6.20. The standard InChI is InChI=1S/C13H15N3/c1-3-11-8(2)10-6-4-5-9-7-14-16-12(9)13(10)15-11/h3,7,15H,2,4-6H2,1H3,(H,14,16)/b11-3+. The molecule has 0 fully saturated rings. The Morgan fingerprint density at radius 1 is 1.38 bits per heavy atom. The summed E-state index contributed by atoms with van der Waals surface area (Å²) in [6.07, 6.45) is 7.37. The van der Waals surface area contributed by atoms with Crippen molar-refractivity contribution in [3.05, 3.63) is 27.9 Å². The van der Waals surface area contributed by atoms with E-state index in [1.807, 2.05) is 13.1 Å². The van der Waals surface area contributed by atoms with Gasteiger partial charge in [-0.1, -0.05) is 12.7 Å². The van der Waals surface area contributed by atoms with Gasteiger partial charge >= 0.3 is 0 Å². The van der Waals surface area contributed by atoms with Crippen LogP contribution in [0.1, 0.15) is 24.5 Å². The molecule has 0 saturated carbocycles. The van der Waals surface area contributed by atoms with Crippen molar-refractivity contribution in [2.24, 2.45) is 0 Å². The third-order valence-corrected chi connectivity index (χ3v) is 3.38. The molecule has 2 heterocycles. The van der Waals surface area contributed by atoms with Gasteiger partial charge in [-0.05, 0) is 42.5 Å². The Labute approximate surface area is 93.9 Å². The van der Waals surface area contributed by atoms with Gasteiger partial charge in [0, 0.05) is 5.35 Å². The van der Waals surface area contributed by atoms with Crippen molar-refractivity contribution in [2.45, 2.75) is 26.2 Å². The molecule has 1 aliphatic carbocycles. The molecule has 2 N–H and O–H groups in total. The van der Waals surface area contributed by atoms with Crippen molar-refractivity contribution < 1.29 is 0 Å². The van der Waals surface area contributed by atoms with Crippen LogP contribution in [0.4, 0.5) is 0 Å². The van der Waals surface area contributed by atoms with E-state index in [-0.39, 0.29) is 0 Å². The second-order valence-corrected chi connectivity index (χ2v) is 4.28. The predicted octanol–water partition coefficient (Wildman–Crippen LogP) is 1.10. The van der Waals surface area contributed by atoms with Gasteiger partial charge in [-0.3, -0.25) is 5.10 Å². The summed E-state index contributed by atoms with van der Waals surface area (Å²) >= 11 is 0. The van der Waals surface area contributed by atoms with E-state index < -0.39 is 0 Å². The maximum Gasteiger partial charge on any atom is 0.0847 e. The highest BCUT2D eigenvalue weighted by molar-refractivity contribution is 5.64. The first-order chi connectivity index (χ1) is 7.81. The van der Waals surface area contributed by atoms with Crippen LogP contribution in [0.25, 0.3) is 24.0 Å². The normalized spacial score (nSPS) is 15.7. The van der Waals surface area contributed by atoms with Crippen molar-refractivity contribution in [2.75, 3.05) is 0 Å². The Hall–Kier alpha value is -1.77. The van der Waals surface area contributed by atoms with Crippen LogP contribution < -0.4 is 10.6 Å². The Morgan fingerprint density at radius 2 is 2.25 bits per heavy atom. The van der Waals surface area contributed by atoms with Crippen molar-refractivity contribution in [3.8, 4) is 11.4 Å². The molecule has 0 saturated heterocycles. The first-order valence-electron chi connectivity index (χ1n) is 5.70. The topological polar surface area (TPSA) is 44.5 Å². The van der Waals surface area contributed by atoms with E-state index in [9.17, 15) is 0 Å². The summed E-state index contributed by atoms with van der Waals surface area (Å²) in [7, 11) is 0. The van der Waals surface area contributed by atoms with Crippen LogP contribution in [0, 0.1) is 0 Å². The monoisotopic (exact) mass is 213 g/mol. The molecule has 3 nitrogen and oxygen atoms in total. The van der Waals surface area contributed by atoms with E-state index in [0.717, 1.165) is 29.1 Å². The molecule has 2 aromatic rings. The van der Waals surface area contributed by atoms with Crippen molar-refractivity contribution in [1.82, 2.24) is 15.2 Å². The van der Waals surface area contributed by atoms with Gasteiger partial charge in [-0.25, -0.2) is 0 Å². The van der Waals surface area contributed by atoms with Crippen molar-refractivity contribution >= 4 is 12.7 Å². The zero-order valence-corrected chi connectivity index (χ0v) is 9.43. The number of hydrogen-bond donors (Lipinski definition) is 2. The fraction of sp³-hybridized carbons (Fsp3) is 0.308. The van der Waals surface area contributed by atoms with E-state index in [2.05, 4.69) is 27.8 Å². The number of fused-ring (bicyclic) bond motifs is 3. The van der Waals surface area contributed by atoms with Crippen molar-refractivity contribution in [1.29, 1.82) is 0 Å². The average molecular weight is 213 g/mol. The van der Waals surface area contributed by atoms with Crippen LogP contribution in [0.2, 0.25) is 0 Å². The van der Waals surface area contributed by atoms with Crippen molar-refractivity contribution in [3.63, 3.8) is 0 Å². The molecular formula is C13H15N3. The third kappa shape index (κ3) is 1.18. The Balaban J connectivity index is 2.37. The molecule has 0 aliphatic heterocycles. The number of aryl methyl sites for hydroxylation is 1. The van der Waals surface area contributed by atoms with Gasteiger partial charge in [0.1, 0.15) is 0 Å². The summed E-state index contributed by atoms with van der Waals surface area (Å²) in [5.74, 6) is 0. The summed E-state index contributed by atoms with van der Waals surface area (Å²) in [5.41, 5.74) is 4.98. The maximum atomic E-state index is 4.17. The number of nitrogens with zero attached hydrogens (tertiary/aromatic N) is 1.